The van der Waals surface area contributed by atoms with Crippen molar-refractivity contribution >= 4 is 23.1 Å². The van der Waals surface area contributed by atoms with Crippen LogP contribution in [0.15, 0.2) is 18.2 Å². The Morgan fingerprint density at radius 1 is 1.37 bits per heavy atom. The van der Waals surface area contributed by atoms with E-state index in [2.05, 4.69) is 0 Å². The number of aryl methyl sites for hydroxylation is 2. The summed E-state index contributed by atoms with van der Waals surface area (Å²) in [6.07, 6.45) is 2.99. The van der Waals surface area contributed by atoms with Crippen LogP contribution in [0.3, 0.4) is 0 Å². The number of thiocarbonyl (C=S) groups is 1. The summed E-state index contributed by atoms with van der Waals surface area (Å²) in [7, 11) is 0. The number of nitrogens with two attached hydrogens (primary N) is 1. The highest BCUT2D eigenvalue weighted by Gasteiger charge is 2.29. The second-order valence-electron chi connectivity index (χ2n) is 5.23. The molecule has 2 N–H and O–H groups in total. The first kappa shape index (κ1) is 14.0. The van der Waals surface area contributed by atoms with Crippen molar-refractivity contribution in [3.63, 3.8) is 0 Å². The number of hydrogen-bond acceptors (Lipinski definition) is 2. The van der Waals surface area contributed by atoms with E-state index >= 15 is 0 Å². The summed E-state index contributed by atoms with van der Waals surface area (Å²) in [5, 5.41) is 0. The van der Waals surface area contributed by atoms with Gasteiger partial charge < -0.3 is 10.6 Å². The molecule has 1 aliphatic heterocycles. The van der Waals surface area contributed by atoms with Crippen molar-refractivity contribution in [1.82, 2.24) is 4.90 Å². The van der Waals surface area contributed by atoms with Crippen LogP contribution < -0.4 is 5.73 Å². The van der Waals surface area contributed by atoms with Crippen molar-refractivity contribution in [2.75, 3.05) is 6.54 Å². The van der Waals surface area contributed by atoms with Crippen LogP contribution in [-0.4, -0.2) is 28.4 Å². The number of carbonyl (C=O) groups excluding carboxylic acids is 1. The van der Waals surface area contributed by atoms with E-state index in [0.717, 1.165) is 36.9 Å². The number of benzene rings is 1. The second-order valence-corrected chi connectivity index (χ2v) is 5.70. The number of nitrogens with zero attached hydrogens (tertiary/aromatic N) is 1. The van der Waals surface area contributed by atoms with Gasteiger partial charge in [-0.25, -0.2) is 0 Å². The predicted molar refractivity (Wildman–Crippen MR) is 81.4 cm³/mol. The summed E-state index contributed by atoms with van der Waals surface area (Å²) in [6.45, 7) is 4.74. The average molecular weight is 276 g/mol. The van der Waals surface area contributed by atoms with Gasteiger partial charge in [0.2, 0.25) is 0 Å². The van der Waals surface area contributed by atoms with Crippen molar-refractivity contribution in [3.8, 4) is 0 Å². The fourth-order valence-corrected chi connectivity index (χ4v) is 2.92. The van der Waals surface area contributed by atoms with Crippen LogP contribution in [0, 0.1) is 13.8 Å². The van der Waals surface area contributed by atoms with Crippen LogP contribution >= 0.6 is 12.2 Å². The quantitative estimate of drug-likeness (QED) is 0.845. The van der Waals surface area contributed by atoms with Gasteiger partial charge in [-0.3, -0.25) is 4.79 Å². The molecule has 1 aliphatic rings. The van der Waals surface area contributed by atoms with Gasteiger partial charge in [0.1, 0.15) is 0 Å². The van der Waals surface area contributed by atoms with Gasteiger partial charge in [0.25, 0.3) is 5.91 Å². The van der Waals surface area contributed by atoms with Gasteiger partial charge in [-0.15, -0.1) is 0 Å². The van der Waals surface area contributed by atoms with E-state index in [4.69, 9.17) is 18.0 Å². The molecule has 1 unspecified atom stereocenters. The standard InChI is InChI=1S/C15H20N2OS/c1-10-6-7-12(11(2)9-10)15(18)17-8-4-3-5-13(17)14(16)19/h6-7,9,13H,3-5,8H2,1-2H3,(H2,16,19). The Bertz CT molecular complexity index is 513. The highest BCUT2D eigenvalue weighted by atomic mass is 32.1. The average Bonchev–Trinajstić information content (AvgIpc) is 2.38. The molecule has 102 valence electrons. The first-order valence-corrected chi connectivity index (χ1v) is 7.09. The molecule has 3 nitrogen and oxygen atoms in total. The number of piperidine rings is 1. The third kappa shape index (κ3) is 2.95. The number of hydrogen-bond donors (Lipinski definition) is 1. The van der Waals surface area contributed by atoms with Crippen LogP contribution in [-0.2, 0) is 0 Å². The molecule has 1 saturated heterocycles. The van der Waals surface area contributed by atoms with Crippen molar-refractivity contribution in [3.05, 3.63) is 34.9 Å². The van der Waals surface area contributed by atoms with Crippen molar-refractivity contribution in [1.29, 1.82) is 0 Å². The van der Waals surface area contributed by atoms with Crippen molar-refractivity contribution < 1.29 is 4.79 Å². The monoisotopic (exact) mass is 276 g/mol. The maximum absolute atomic E-state index is 12.7. The SMILES string of the molecule is Cc1ccc(C(=O)N2CCCCC2C(N)=S)c(C)c1. The Hall–Kier alpha value is -1.42. The van der Waals surface area contributed by atoms with E-state index < -0.39 is 0 Å². The van der Waals surface area contributed by atoms with E-state index in [9.17, 15) is 4.79 Å². The summed E-state index contributed by atoms with van der Waals surface area (Å²) >= 11 is 5.10. The first-order valence-electron chi connectivity index (χ1n) is 6.68. The number of likely N-dealkylation sites (tertiary alicyclic amines) is 1. The number of rotatable bonds is 2. The molecule has 1 fully saturated rings. The molecule has 19 heavy (non-hydrogen) atoms. The normalized spacial score (nSPS) is 19.3. The molecular weight excluding hydrogens is 256 g/mol. The molecule has 1 aromatic carbocycles. The smallest absolute Gasteiger partial charge is 0.254 e. The van der Waals surface area contributed by atoms with E-state index in [1.54, 1.807) is 0 Å². The summed E-state index contributed by atoms with van der Waals surface area (Å²) in [5.41, 5.74) is 8.71. The lowest BCUT2D eigenvalue weighted by Crippen LogP contribution is -2.49. The zero-order valence-electron chi connectivity index (χ0n) is 11.5. The molecular formula is C15H20N2OS. The molecule has 0 radical (unpaired) electrons. The zero-order chi connectivity index (χ0) is 14.0. The van der Waals surface area contributed by atoms with Gasteiger partial charge in [0.05, 0.1) is 11.0 Å². The summed E-state index contributed by atoms with van der Waals surface area (Å²) < 4.78 is 0. The second kappa shape index (κ2) is 5.70. The Balaban J connectivity index is 2.28. The maximum Gasteiger partial charge on any atom is 0.254 e. The molecule has 2 rings (SSSR count). The molecule has 0 aromatic heterocycles. The molecule has 1 aromatic rings. The van der Waals surface area contributed by atoms with Gasteiger partial charge in [-0.2, -0.15) is 0 Å². The maximum atomic E-state index is 12.7. The van der Waals surface area contributed by atoms with Gasteiger partial charge in [0.15, 0.2) is 0 Å². The van der Waals surface area contributed by atoms with Crippen LogP contribution in [0.1, 0.15) is 40.7 Å². The summed E-state index contributed by atoms with van der Waals surface area (Å²) in [5.74, 6) is 0.0509. The van der Waals surface area contributed by atoms with Crippen molar-refractivity contribution in [2.24, 2.45) is 5.73 Å². The molecule has 0 aliphatic carbocycles. The lowest BCUT2D eigenvalue weighted by molar-refractivity contribution is 0.0681. The van der Waals surface area contributed by atoms with Gasteiger partial charge >= 0.3 is 0 Å². The lowest BCUT2D eigenvalue weighted by Gasteiger charge is -2.35. The third-order valence-corrected chi connectivity index (χ3v) is 3.98. The number of carbonyl (C=O) groups is 1. The fraction of sp³-hybridized carbons (Fsp3) is 0.467. The third-order valence-electron chi connectivity index (χ3n) is 3.70. The van der Waals surface area contributed by atoms with E-state index in [-0.39, 0.29) is 11.9 Å². The topological polar surface area (TPSA) is 46.3 Å². The van der Waals surface area contributed by atoms with Crippen LogP contribution in [0.25, 0.3) is 0 Å². The molecule has 4 heteroatoms. The number of amides is 1. The Morgan fingerprint density at radius 3 is 2.74 bits per heavy atom. The van der Waals surface area contributed by atoms with Gasteiger partial charge in [0, 0.05) is 12.1 Å². The predicted octanol–water partition coefficient (Wildman–Crippen LogP) is 2.58. The minimum Gasteiger partial charge on any atom is -0.392 e. The highest BCUT2D eigenvalue weighted by molar-refractivity contribution is 7.80. The van der Waals surface area contributed by atoms with Gasteiger partial charge in [-0.05, 0) is 44.7 Å². The minimum atomic E-state index is -0.0862. The Labute approximate surface area is 119 Å². The lowest BCUT2D eigenvalue weighted by atomic mass is 9.98. The summed E-state index contributed by atoms with van der Waals surface area (Å²) in [6, 6.07) is 5.82. The van der Waals surface area contributed by atoms with E-state index in [0.29, 0.717) is 4.99 Å². The van der Waals surface area contributed by atoms with Crippen LogP contribution in [0.5, 0.6) is 0 Å². The van der Waals surface area contributed by atoms with Crippen LogP contribution in [0.2, 0.25) is 0 Å². The van der Waals surface area contributed by atoms with Crippen LogP contribution in [0.4, 0.5) is 0 Å². The minimum absolute atomic E-state index is 0.0509. The molecule has 1 atom stereocenters. The largest absolute Gasteiger partial charge is 0.392 e. The van der Waals surface area contributed by atoms with E-state index in [1.165, 1.54) is 5.56 Å². The molecule has 0 saturated carbocycles. The molecule has 1 amide bonds. The summed E-state index contributed by atoms with van der Waals surface area (Å²) in [4.78, 5) is 14.9. The first-order chi connectivity index (χ1) is 9.00. The molecule has 0 bridgehead atoms. The zero-order valence-corrected chi connectivity index (χ0v) is 12.3. The molecule has 1 heterocycles. The van der Waals surface area contributed by atoms with Gasteiger partial charge in [-0.1, -0.05) is 29.9 Å². The molecule has 0 spiro atoms. The van der Waals surface area contributed by atoms with Crippen molar-refractivity contribution in [2.45, 2.75) is 39.2 Å². The van der Waals surface area contributed by atoms with E-state index in [1.807, 2.05) is 36.9 Å². The Morgan fingerprint density at radius 2 is 2.11 bits per heavy atom. The highest BCUT2D eigenvalue weighted by Crippen LogP contribution is 2.21. The Kier molecular flexibility index (Phi) is 4.20. The fourth-order valence-electron chi connectivity index (χ4n) is 2.68.